The highest BCUT2D eigenvalue weighted by Gasteiger charge is 2.34. The highest BCUT2D eigenvalue weighted by Crippen LogP contribution is 2.41. The number of aromatic amines is 1. The van der Waals surface area contributed by atoms with Crippen LogP contribution in [-0.4, -0.2) is 39.4 Å². The number of methoxy groups -OCH3 is 2. The second-order valence-corrected chi connectivity index (χ2v) is 7.57. The van der Waals surface area contributed by atoms with Gasteiger partial charge in [-0.3, -0.25) is 9.40 Å². The second-order valence-electron chi connectivity index (χ2n) is 5.77. The first-order valence-electron chi connectivity index (χ1n) is 7.69. The van der Waals surface area contributed by atoms with Gasteiger partial charge in [0.25, 0.3) is 10.0 Å². The average Bonchev–Trinajstić information content (AvgIpc) is 2.92. The van der Waals surface area contributed by atoms with E-state index < -0.39 is 10.0 Å². The normalized spacial score (nSPS) is 14.4. The third-order valence-electron chi connectivity index (χ3n) is 4.28. The fourth-order valence-electron chi connectivity index (χ4n) is 3.18. The van der Waals surface area contributed by atoms with Crippen LogP contribution in [0.3, 0.4) is 0 Å². The maximum atomic E-state index is 13.2. The largest absolute Gasteiger partial charge is 0.497 e. The van der Waals surface area contributed by atoms with Gasteiger partial charge in [-0.2, -0.15) is 5.10 Å². The number of aromatic nitrogens is 2. The number of hydrogen-bond donors (Lipinski definition) is 1. The van der Waals surface area contributed by atoms with Gasteiger partial charge in [-0.05, 0) is 26.7 Å². The number of ether oxygens (including phenoxy) is 2. The van der Waals surface area contributed by atoms with Gasteiger partial charge < -0.3 is 9.47 Å². The van der Waals surface area contributed by atoms with Crippen molar-refractivity contribution in [1.29, 1.82) is 0 Å². The number of rotatable bonds is 4. The van der Waals surface area contributed by atoms with E-state index in [0.717, 1.165) is 18.4 Å². The standard InChI is InChI=1S/C16H21N3O4S/c1-10-16(11(2)18-17-10)24(20,21)19-7-5-6-13-14(19)8-12(22-3)9-15(13)23-4/h8-9H,5-7H2,1-4H3,(H,17,18). The van der Waals surface area contributed by atoms with E-state index in [1.807, 2.05) is 0 Å². The predicted octanol–water partition coefficient (Wildman–Crippen LogP) is 2.19. The summed E-state index contributed by atoms with van der Waals surface area (Å²) in [5.74, 6) is 1.21. The molecule has 130 valence electrons. The van der Waals surface area contributed by atoms with Crippen LogP contribution in [0.4, 0.5) is 5.69 Å². The van der Waals surface area contributed by atoms with Crippen LogP contribution < -0.4 is 13.8 Å². The summed E-state index contributed by atoms with van der Waals surface area (Å²) in [5, 5.41) is 6.77. The first-order chi connectivity index (χ1) is 11.4. The molecular weight excluding hydrogens is 330 g/mol. The van der Waals surface area contributed by atoms with Gasteiger partial charge in [0.1, 0.15) is 16.4 Å². The van der Waals surface area contributed by atoms with Crippen molar-refractivity contribution in [1.82, 2.24) is 10.2 Å². The number of sulfonamides is 1. The van der Waals surface area contributed by atoms with Crippen molar-refractivity contribution in [2.75, 3.05) is 25.1 Å². The Bertz CT molecular complexity index is 854. The quantitative estimate of drug-likeness (QED) is 0.913. The summed E-state index contributed by atoms with van der Waals surface area (Å²) in [6, 6.07) is 3.53. The van der Waals surface area contributed by atoms with E-state index in [9.17, 15) is 8.42 Å². The molecule has 0 saturated heterocycles. The molecule has 1 N–H and O–H groups in total. The molecule has 0 fully saturated rings. The van der Waals surface area contributed by atoms with Crippen LogP contribution in [-0.2, 0) is 16.4 Å². The highest BCUT2D eigenvalue weighted by molar-refractivity contribution is 7.93. The molecule has 1 aliphatic rings. The van der Waals surface area contributed by atoms with Crippen LogP contribution in [0.2, 0.25) is 0 Å². The second kappa shape index (κ2) is 6.01. The van der Waals surface area contributed by atoms with Gasteiger partial charge in [-0.25, -0.2) is 8.42 Å². The third-order valence-corrected chi connectivity index (χ3v) is 6.36. The molecule has 1 aliphatic heterocycles. The highest BCUT2D eigenvalue weighted by atomic mass is 32.2. The van der Waals surface area contributed by atoms with Crippen molar-refractivity contribution < 1.29 is 17.9 Å². The molecule has 1 aromatic heterocycles. The molecule has 0 radical (unpaired) electrons. The minimum absolute atomic E-state index is 0.233. The fourth-order valence-corrected chi connectivity index (χ4v) is 5.04. The molecule has 0 saturated carbocycles. The van der Waals surface area contributed by atoms with Gasteiger partial charge in [0, 0.05) is 24.2 Å². The SMILES string of the molecule is COc1cc(OC)c2c(c1)N(S(=O)(=O)c1c(C)n[nH]c1C)CCC2. The van der Waals surface area contributed by atoms with Crippen LogP contribution in [0.1, 0.15) is 23.4 Å². The average molecular weight is 351 g/mol. The Labute approximate surface area is 141 Å². The number of nitrogens with one attached hydrogen (secondary N) is 1. The van der Waals surface area contributed by atoms with E-state index in [2.05, 4.69) is 10.2 Å². The van der Waals surface area contributed by atoms with Gasteiger partial charge in [0.2, 0.25) is 0 Å². The molecule has 0 bridgehead atoms. The first-order valence-corrected chi connectivity index (χ1v) is 9.13. The smallest absolute Gasteiger partial charge is 0.267 e. The number of aryl methyl sites for hydroxylation is 2. The predicted molar refractivity (Wildman–Crippen MR) is 90.5 cm³/mol. The van der Waals surface area contributed by atoms with E-state index in [-0.39, 0.29) is 4.90 Å². The van der Waals surface area contributed by atoms with E-state index in [1.54, 1.807) is 40.2 Å². The molecule has 8 heteroatoms. The number of fused-ring (bicyclic) bond motifs is 1. The van der Waals surface area contributed by atoms with Crippen LogP contribution >= 0.6 is 0 Å². The molecule has 24 heavy (non-hydrogen) atoms. The Morgan fingerprint density at radius 3 is 2.54 bits per heavy atom. The molecule has 0 amide bonds. The number of benzene rings is 1. The Balaban J connectivity index is 2.19. The summed E-state index contributed by atoms with van der Waals surface area (Å²) >= 11 is 0. The van der Waals surface area contributed by atoms with Gasteiger partial charge in [0.15, 0.2) is 0 Å². The molecule has 7 nitrogen and oxygen atoms in total. The lowest BCUT2D eigenvalue weighted by Gasteiger charge is -2.31. The molecule has 0 atom stereocenters. The topological polar surface area (TPSA) is 84.5 Å². The minimum Gasteiger partial charge on any atom is -0.497 e. The van der Waals surface area contributed by atoms with Crippen molar-refractivity contribution in [3.05, 3.63) is 29.1 Å². The lowest BCUT2D eigenvalue weighted by Crippen LogP contribution is -2.36. The third kappa shape index (κ3) is 2.50. The van der Waals surface area contributed by atoms with Gasteiger partial charge in [-0.15, -0.1) is 0 Å². The first kappa shape index (κ1) is 16.6. The Morgan fingerprint density at radius 1 is 1.21 bits per heavy atom. The minimum atomic E-state index is -3.71. The number of H-pyrrole nitrogens is 1. The summed E-state index contributed by atoms with van der Waals surface area (Å²) in [6.45, 7) is 3.81. The molecule has 2 aromatic rings. The van der Waals surface area contributed by atoms with Crippen LogP contribution in [0.15, 0.2) is 17.0 Å². The Hall–Kier alpha value is -2.22. The molecular formula is C16H21N3O4S. The lowest BCUT2D eigenvalue weighted by molar-refractivity contribution is 0.390. The zero-order valence-corrected chi connectivity index (χ0v) is 15.0. The maximum Gasteiger partial charge on any atom is 0.267 e. The van der Waals surface area contributed by atoms with E-state index in [1.165, 1.54) is 4.31 Å². The van der Waals surface area contributed by atoms with Gasteiger partial charge in [0.05, 0.1) is 31.3 Å². The van der Waals surface area contributed by atoms with Crippen molar-refractivity contribution in [3.8, 4) is 11.5 Å². The molecule has 3 rings (SSSR count). The summed E-state index contributed by atoms with van der Waals surface area (Å²) in [6.07, 6.45) is 1.49. The monoisotopic (exact) mass is 351 g/mol. The van der Waals surface area contributed by atoms with Crippen molar-refractivity contribution in [2.45, 2.75) is 31.6 Å². The molecule has 0 unspecified atom stereocenters. The Morgan fingerprint density at radius 2 is 1.96 bits per heavy atom. The van der Waals surface area contributed by atoms with Crippen LogP contribution in [0.5, 0.6) is 11.5 Å². The molecule has 0 aliphatic carbocycles. The van der Waals surface area contributed by atoms with Gasteiger partial charge in [-0.1, -0.05) is 0 Å². The number of anilines is 1. The van der Waals surface area contributed by atoms with Crippen molar-refractivity contribution in [2.24, 2.45) is 0 Å². The van der Waals surface area contributed by atoms with E-state index in [4.69, 9.17) is 9.47 Å². The molecule has 0 spiro atoms. The Kier molecular flexibility index (Phi) is 4.16. The summed E-state index contributed by atoms with van der Waals surface area (Å²) in [7, 11) is -0.590. The summed E-state index contributed by atoms with van der Waals surface area (Å²) < 4.78 is 38.6. The molecule has 2 heterocycles. The number of hydrogen-bond acceptors (Lipinski definition) is 5. The summed E-state index contributed by atoms with van der Waals surface area (Å²) in [5.41, 5.74) is 2.49. The number of nitrogens with zero attached hydrogens (tertiary/aromatic N) is 2. The zero-order valence-electron chi connectivity index (χ0n) is 14.2. The van der Waals surface area contributed by atoms with Crippen LogP contribution in [0, 0.1) is 13.8 Å². The molecule has 1 aromatic carbocycles. The maximum absolute atomic E-state index is 13.2. The van der Waals surface area contributed by atoms with Gasteiger partial charge >= 0.3 is 0 Å². The van der Waals surface area contributed by atoms with Crippen molar-refractivity contribution >= 4 is 15.7 Å². The van der Waals surface area contributed by atoms with E-state index >= 15 is 0 Å². The zero-order chi connectivity index (χ0) is 17.5. The summed E-state index contributed by atoms with van der Waals surface area (Å²) in [4.78, 5) is 0.233. The lowest BCUT2D eigenvalue weighted by atomic mass is 10.0. The van der Waals surface area contributed by atoms with Crippen LogP contribution in [0.25, 0.3) is 0 Å². The fraction of sp³-hybridized carbons (Fsp3) is 0.438. The van der Waals surface area contributed by atoms with Crippen molar-refractivity contribution in [3.63, 3.8) is 0 Å². The van der Waals surface area contributed by atoms with E-state index in [0.29, 0.717) is 35.1 Å².